The molecule has 0 saturated carbocycles. The molecule has 1 amide bonds. The topological polar surface area (TPSA) is 38.3 Å². The van der Waals surface area contributed by atoms with Crippen LogP contribution < -0.4 is 5.32 Å². The third kappa shape index (κ3) is 5.05. The highest BCUT2D eigenvalue weighted by Crippen LogP contribution is 2.06. The molecule has 0 aliphatic rings. The van der Waals surface area contributed by atoms with E-state index in [4.69, 9.17) is 4.74 Å². The lowest BCUT2D eigenvalue weighted by atomic mass is 10.1. The van der Waals surface area contributed by atoms with Crippen LogP contribution in [0, 0.1) is 5.92 Å². The molecule has 0 aliphatic heterocycles. The van der Waals surface area contributed by atoms with Crippen LogP contribution in [-0.4, -0.2) is 12.7 Å². The van der Waals surface area contributed by atoms with Crippen molar-refractivity contribution in [3.8, 4) is 0 Å². The number of amides is 1. The maximum atomic E-state index is 11.3. The van der Waals surface area contributed by atoms with Crippen molar-refractivity contribution in [1.29, 1.82) is 0 Å². The largest absolute Gasteiger partial charge is 0.449 e. The Morgan fingerprint density at radius 2 is 2.00 bits per heavy atom. The Morgan fingerprint density at radius 3 is 2.60 bits per heavy atom. The fourth-order valence-electron chi connectivity index (χ4n) is 1.06. The first-order valence-electron chi connectivity index (χ1n) is 5.17. The number of rotatable bonds is 4. The lowest BCUT2D eigenvalue weighted by molar-refractivity contribution is 0.155. The van der Waals surface area contributed by atoms with Crippen LogP contribution >= 0.6 is 0 Å². The lowest BCUT2D eigenvalue weighted by Crippen LogP contribution is -2.14. The number of ether oxygens (including phenoxy) is 1. The summed E-state index contributed by atoms with van der Waals surface area (Å²) >= 11 is 0. The van der Waals surface area contributed by atoms with Crippen molar-refractivity contribution < 1.29 is 9.53 Å². The highest BCUT2D eigenvalue weighted by atomic mass is 16.5. The summed E-state index contributed by atoms with van der Waals surface area (Å²) in [5.74, 6) is 0.550. The number of hydrogen-bond donors (Lipinski definition) is 1. The SMILES string of the molecule is CC(C)CCOC(=O)Nc1ccccc1. The Hall–Kier alpha value is -1.51. The maximum Gasteiger partial charge on any atom is 0.411 e. The van der Waals surface area contributed by atoms with Gasteiger partial charge in [-0.15, -0.1) is 0 Å². The number of anilines is 1. The number of carbonyl (C=O) groups excluding carboxylic acids is 1. The third-order valence-corrected chi connectivity index (χ3v) is 1.95. The van der Waals surface area contributed by atoms with Crippen LogP contribution in [0.1, 0.15) is 20.3 Å². The molecule has 0 aromatic heterocycles. The average Bonchev–Trinajstić information content (AvgIpc) is 2.18. The molecule has 3 nitrogen and oxygen atoms in total. The van der Waals surface area contributed by atoms with Gasteiger partial charge < -0.3 is 4.74 Å². The van der Waals surface area contributed by atoms with Crippen molar-refractivity contribution in [1.82, 2.24) is 0 Å². The minimum Gasteiger partial charge on any atom is -0.449 e. The summed E-state index contributed by atoms with van der Waals surface area (Å²) in [6.07, 6.45) is 0.504. The fraction of sp³-hybridized carbons (Fsp3) is 0.417. The van der Waals surface area contributed by atoms with Gasteiger partial charge in [0.2, 0.25) is 0 Å². The van der Waals surface area contributed by atoms with Gasteiger partial charge >= 0.3 is 6.09 Å². The molecule has 0 heterocycles. The predicted molar refractivity (Wildman–Crippen MR) is 60.9 cm³/mol. The minimum atomic E-state index is -0.387. The summed E-state index contributed by atoms with van der Waals surface area (Å²) in [5.41, 5.74) is 0.757. The van der Waals surface area contributed by atoms with E-state index in [-0.39, 0.29) is 6.09 Å². The van der Waals surface area contributed by atoms with Gasteiger partial charge in [-0.2, -0.15) is 0 Å². The molecular weight excluding hydrogens is 190 g/mol. The van der Waals surface area contributed by atoms with Gasteiger partial charge in [0.15, 0.2) is 0 Å². The second-order valence-corrected chi connectivity index (χ2v) is 3.81. The predicted octanol–water partition coefficient (Wildman–Crippen LogP) is 3.28. The molecule has 0 spiro atoms. The van der Waals surface area contributed by atoms with E-state index in [1.54, 1.807) is 0 Å². The summed E-state index contributed by atoms with van der Waals surface area (Å²) in [6, 6.07) is 9.27. The monoisotopic (exact) mass is 207 g/mol. The Balaban J connectivity index is 2.25. The van der Waals surface area contributed by atoms with Gasteiger partial charge in [-0.1, -0.05) is 32.0 Å². The molecule has 0 bridgehead atoms. The molecule has 0 aliphatic carbocycles. The third-order valence-electron chi connectivity index (χ3n) is 1.95. The quantitative estimate of drug-likeness (QED) is 0.822. The molecule has 82 valence electrons. The lowest BCUT2D eigenvalue weighted by Gasteiger charge is -2.07. The molecule has 1 N–H and O–H groups in total. The van der Waals surface area contributed by atoms with Crippen LogP contribution in [0.2, 0.25) is 0 Å². The number of para-hydroxylation sites is 1. The molecule has 0 fully saturated rings. The highest BCUT2D eigenvalue weighted by molar-refractivity contribution is 5.84. The number of nitrogens with one attached hydrogen (secondary N) is 1. The van der Waals surface area contributed by atoms with E-state index < -0.39 is 0 Å². The van der Waals surface area contributed by atoms with Crippen molar-refractivity contribution in [2.75, 3.05) is 11.9 Å². The molecule has 3 heteroatoms. The minimum absolute atomic E-state index is 0.387. The zero-order valence-electron chi connectivity index (χ0n) is 9.19. The van der Waals surface area contributed by atoms with Crippen molar-refractivity contribution in [3.05, 3.63) is 30.3 Å². The molecular formula is C12H17NO2. The molecule has 0 saturated heterocycles. The summed E-state index contributed by atoms with van der Waals surface area (Å²) in [5, 5.41) is 2.65. The van der Waals surface area contributed by atoms with Crippen molar-refractivity contribution in [2.45, 2.75) is 20.3 Å². The van der Waals surface area contributed by atoms with Crippen molar-refractivity contribution in [3.63, 3.8) is 0 Å². The number of carbonyl (C=O) groups is 1. The molecule has 15 heavy (non-hydrogen) atoms. The van der Waals surface area contributed by atoms with Crippen LogP contribution in [0.25, 0.3) is 0 Å². The Kier molecular flexibility index (Phi) is 4.68. The first-order valence-corrected chi connectivity index (χ1v) is 5.17. The Bertz CT molecular complexity index is 296. The second-order valence-electron chi connectivity index (χ2n) is 3.81. The molecule has 1 aromatic carbocycles. The molecule has 0 radical (unpaired) electrons. The van der Waals surface area contributed by atoms with E-state index in [0.29, 0.717) is 12.5 Å². The molecule has 0 atom stereocenters. The molecule has 0 unspecified atom stereocenters. The highest BCUT2D eigenvalue weighted by Gasteiger charge is 2.02. The van der Waals surface area contributed by atoms with Crippen LogP contribution in [0.5, 0.6) is 0 Å². The van der Waals surface area contributed by atoms with Gasteiger partial charge in [-0.25, -0.2) is 4.79 Å². The van der Waals surface area contributed by atoms with E-state index in [1.165, 1.54) is 0 Å². The van der Waals surface area contributed by atoms with Crippen LogP contribution in [-0.2, 0) is 4.74 Å². The van der Waals surface area contributed by atoms with E-state index >= 15 is 0 Å². The molecule has 1 rings (SSSR count). The fourth-order valence-corrected chi connectivity index (χ4v) is 1.06. The zero-order valence-corrected chi connectivity index (χ0v) is 9.19. The standard InChI is InChI=1S/C12H17NO2/c1-10(2)8-9-15-12(14)13-11-6-4-3-5-7-11/h3-7,10H,8-9H2,1-2H3,(H,13,14). The Morgan fingerprint density at radius 1 is 1.33 bits per heavy atom. The smallest absolute Gasteiger partial charge is 0.411 e. The second kappa shape index (κ2) is 6.06. The van der Waals surface area contributed by atoms with Crippen LogP contribution in [0.15, 0.2) is 30.3 Å². The zero-order chi connectivity index (χ0) is 11.1. The van der Waals surface area contributed by atoms with E-state index in [2.05, 4.69) is 19.2 Å². The van der Waals surface area contributed by atoms with Gasteiger partial charge in [-0.05, 0) is 24.5 Å². The van der Waals surface area contributed by atoms with Crippen molar-refractivity contribution in [2.24, 2.45) is 5.92 Å². The van der Waals surface area contributed by atoms with Gasteiger partial charge in [0.05, 0.1) is 6.61 Å². The van der Waals surface area contributed by atoms with Gasteiger partial charge in [-0.3, -0.25) is 5.32 Å². The summed E-state index contributed by atoms with van der Waals surface area (Å²) in [4.78, 5) is 11.3. The normalized spacial score (nSPS) is 10.1. The number of hydrogen-bond acceptors (Lipinski definition) is 2. The van der Waals surface area contributed by atoms with Crippen LogP contribution in [0.3, 0.4) is 0 Å². The van der Waals surface area contributed by atoms with E-state index in [1.807, 2.05) is 30.3 Å². The van der Waals surface area contributed by atoms with E-state index in [9.17, 15) is 4.79 Å². The van der Waals surface area contributed by atoms with Gasteiger partial charge in [0.1, 0.15) is 0 Å². The number of benzene rings is 1. The van der Waals surface area contributed by atoms with E-state index in [0.717, 1.165) is 12.1 Å². The summed E-state index contributed by atoms with van der Waals surface area (Å²) in [6.45, 7) is 4.66. The van der Waals surface area contributed by atoms with Gasteiger partial charge in [0.25, 0.3) is 0 Å². The first-order chi connectivity index (χ1) is 7.18. The summed E-state index contributed by atoms with van der Waals surface area (Å²) in [7, 11) is 0. The summed E-state index contributed by atoms with van der Waals surface area (Å²) < 4.78 is 5.01. The molecule has 1 aromatic rings. The van der Waals surface area contributed by atoms with Crippen molar-refractivity contribution >= 4 is 11.8 Å². The Labute approximate surface area is 90.4 Å². The first kappa shape index (κ1) is 11.6. The van der Waals surface area contributed by atoms with Gasteiger partial charge in [0, 0.05) is 5.69 Å². The maximum absolute atomic E-state index is 11.3. The van der Waals surface area contributed by atoms with Crippen LogP contribution in [0.4, 0.5) is 10.5 Å². The average molecular weight is 207 g/mol.